The van der Waals surface area contributed by atoms with Gasteiger partial charge in [-0.3, -0.25) is 43.2 Å². The molecule has 0 radical (unpaired) electrons. The van der Waals surface area contributed by atoms with E-state index in [1.54, 1.807) is 48.5 Å². The van der Waals surface area contributed by atoms with Gasteiger partial charge in [0.1, 0.15) is 44.5 Å². The van der Waals surface area contributed by atoms with Gasteiger partial charge in [0.2, 0.25) is 11.8 Å². The molecule has 4 atom stereocenters. The average Bonchev–Trinajstić information content (AvgIpc) is 1.23. The highest BCUT2D eigenvalue weighted by Gasteiger charge is 2.36. The lowest BCUT2D eigenvalue weighted by atomic mass is 9.93. The van der Waals surface area contributed by atoms with Gasteiger partial charge < -0.3 is 79.5 Å². The fraction of sp³-hybridized carbons (Fsp3) is 0.397. The Hall–Kier alpha value is -11.8. The van der Waals surface area contributed by atoms with Gasteiger partial charge >= 0.3 is 59.9 Å². The number of alkyl halides is 2. The van der Waals surface area contributed by atoms with E-state index in [0.717, 1.165) is 28.8 Å². The average molecular weight is 1410 g/mol. The number of alkyl carbamates (subject to hydrolysis) is 2. The van der Waals surface area contributed by atoms with Crippen molar-refractivity contribution in [2.24, 2.45) is 16.1 Å². The number of Topliss-reactive ketones (excluding diaryl/α,β-unsaturated/α-hetero) is 1. The van der Waals surface area contributed by atoms with E-state index in [9.17, 15) is 71.1 Å². The van der Waals surface area contributed by atoms with Crippen LogP contribution in [0.1, 0.15) is 75.1 Å². The molecule has 2 heterocycles. The number of carboxylic acids is 1. The third-order valence-corrected chi connectivity index (χ3v) is 11.7. The molecule has 540 valence electrons. The summed E-state index contributed by atoms with van der Waals surface area (Å²) in [5.41, 5.74) is 22.9. The third-order valence-electron chi connectivity index (χ3n) is 11.7. The summed E-state index contributed by atoms with van der Waals surface area (Å²) >= 11 is 0. The molecule has 0 aromatic heterocycles. The maximum atomic E-state index is 13.2. The molecule has 0 aliphatic carbocycles. The molecule has 37 heteroatoms. The van der Waals surface area contributed by atoms with Crippen LogP contribution in [0.3, 0.4) is 0 Å². The van der Waals surface area contributed by atoms with Crippen molar-refractivity contribution in [2.45, 2.75) is 104 Å². The number of carboxylic acid groups (broad SMARTS) is 1. The van der Waals surface area contributed by atoms with Crippen LogP contribution in [0.15, 0.2) is 132 Å². The van der Waals surface area contributed by atoms with Crippen molar-refractivity contribution in [3.63, 3.8) is 0 Å². The van der Waals surface area contributed by atoms with Gasteiger partial charge in [0.25, 0.3) is 6.43 Å². The molecule has 100 heavy (non-hydrogen) atoms. The van der Waals surface area contributed by atoms with E-state index in [1.807, 2.05) is 72.8 Å². The number of hydrogen-bond acceptors (Lipinski definition) is 26. The van der Waals surface area contributed by atoms with Crippen LogP contribution >= 0.6 is 0 Å². The molecule has 4 amide bonds. The van der Waals surface area contributed by atoms with Crippen LogP contribution in [0.2, 0.25) is 0 Å². The van der Waals surface area contributed by atoms with Gasteiger partial charge in [-0.15, -0.1) is 0 Å². The van der Waals surface area contributed by atoms with Crippen molar-refractivity contribution in [1.82, 2.24) is 21.3 Å². The van der Waals surface area contributed by atoms with Crippen molar-refractivity contribution >= 4 is 83.5 Å². The van der Waals surface area contributed by atoms with Crippen molar-refractivity contribution in [3.8, 4) is 0 Å². The van der Waals surface area contributed by atoms with E-state index >= 15 is 0 Å². The molecular formula is C63H75F2N11O24. The third kappa shape index (κ3) is 44.1. The number of hydrogen-bond donors (Lipinski definition) is 5. The summed E-state index contributed by atoms with van der Waals surface area (Å²) in [6.07, 6.45) is -6.76. The summed E-state index contributed by atoms with van der Waals surface area (Å²) in [5, 5.41) is 24.9. The largest absolute Gasteiger partial charge is 0.544 e. The molecule has 0 bridgehead atoms. The van der Waals surface area contributed by atoms with E-state index in [4.69, 9.17) is 49.4 Å². The van der Waals surface area contributed by atoms with E-state index in [0.29, 0.717) is 19.8 Å². The Bertz CT molecular complexity index is 3270. The summed E-state index contributed by atoms with van der Waals surface area (Å²) < 4.78 is 64.2. The monoisotopic (exact) mass is 1410 g/mol. The number of ether oxygens (including phenoxy) is 9. The van der Waals surface area contributed by atoms with E-state index in [1.165, 1.54) is 20.8 Å². The number of rotatable bonds is 33. The number of nitrogens with one attached hydrogen (secondary N) is 4. The number of amides is 4. The van der Waals surface area contributed by atoms with Crippen molar-refractivity contribution in [3.05, 3.63) is 164 Å². The van der Waals surface area contributed by atoms with Crippen LogP contribution < -0.4 is 32.1 Å². The fourth-order valence-electron chi connectivity index (χ4n) is 7.28. The predicted molar refractivity (Wildman–Crippen MR) is 335 cm³/mol. The zero-order valence-electron chi connectivity index (χ0n) is 54.4. The molecule has 2 fully saturated rings. The van der Waals surface area contributed by atoms with E-state index in [-0.39, 0.29) is 65.6 Å². The Morgan fingerprint density at radius 3 is 1.23 bits per heavy atom. The Kier molecular flexibility index (Phi) is 45.2. The second-order valence-electron chi connectivity index (χ2n) is 19.8. The van der Waals surface area contributed by atoms with Crippen LogP contribution in [0.5, 0.6) is 0 Å². The second-order valence-corrected chi connectivity index (χ2v) is 19.8. The summed E-state index contributed by atoms with van der Waals surface area (Å²) in [7, 11) is 0. The molecule has 0 spiro atoms. The van der Waals surface area contributed by atoms with Crippen molar-refractivity contribution < 1.29 is 129 Å². The first-order chi connectivity index (χ1) is 47.8. The summed E-state index contributed by atoms with van der Waals surface area (Å²) in [4.78, 5) is 163. The Labute approximate surface area is 569 Å². The lowest BCUT2D eigenvalue weighted by Gasteiger charge is -2.20. The number of cyclic esters (lactones) is 4. The highest BCUT2D eigenvalue weighted by atomic mass is 19.3. The smallest absolute Gasteiger partial charge is 0.415 e. The van der Waals surface area contributed by atoms with Gasteiger partial charge in [0.05, 0.1) is 70.6 Å². The van der Waals surface area contributed by atoms with Crippen LogP contribution in [0.4, 0.5) is 18.4 Å². The molecule has 2 aliphatic rings. The summed E-state index contributed by atoms with van der Waals surface area (Å²) in [6, 6.07) is 33.1. The number of halogens is 2. The minimum atomic E-state index is -3.34. The molecule has 4 aromatic rings. The highest BCUT2D eigenvalue weighted by molar-refractivity contribution is 5.98. The minimum absolute atomic E-state index is 0.0100. The van der Waals surface area contributed by atoms with Crippen molar-refractivity contribution in [2.75, 3.05) is 52.6 Å². The van der Waals surface area contributed by atoms with Crippen LogP contribution in [0, 0.1) is 5.92 Å². The molecule has 0 unspecified atom stereocenters. The van der Waals surface area contributed by atoms with Crippen LogP contribution in [-0.4, -0.2) is 161 Å². The topological polar surface area (TPSA) is 518 Å². The van der Waals surface area contributed by atoms with Gasteiger partial charge in [-0.2, -0.15) is 0 Å². The van der Waals surface area contributed by atoms with Gasteiger partial charge in [-0.1, -0.05) is 132 Å². The number of benzene rings is 4. The first-order valence-corrected chi connectivity index (χ1v) is 29.8. The first kappa shape index (κ1) is 86.2. The lowest BCUT2D eigenvalue weighted by Crippen LogP contribution is -2.52. The standard InChI is InChI=1S/C29H35N5O8.2C12H11NO5.C4H10N4O.C4H6O3.C2H2F2O2/c1-21(35)33-25(18-28(38)42-20-23-10-6-3-7-11-23)26(36)16-24(29(39)31-12-14-40-15-13-32-34-30)17-27(37)41-19-22-8-4-2-5-9-22;2*14-10(6-9-11(15)18-12(16)13-9)17-7-8-4-2-1-3-5-8;5-1-3-9-4-2-7-8-6;1-3(5)7-4(2)6;3-1(4)2(5)6/h2-11,24-25H,12-20H2,1H3,(H,31,39)(H,33,35);2*1-5,9H,6-7H2,(H,13,16);1-5H2;1-2H3;1H,(H,5,6)/t24-,25+;2*9-;;;/m010.../s1. The Morgan fingerprint density at radius 1 is 0.560 bits per heavy atom. The van der Waals surface area contributed by atoms with Crippen LogP contribution in [0.25, 0.3) is 20.9 Å². The predicted octanol–water partition coefficient (Wildman–Crippen LogP) is 2.94. The maximum Gasteiger partial charge on any atom is 0.415 e. The Balaban J connectivity index is 0.000000705. The number of carbonyl (C=O) groups excluding carboxylic acids is 14. The molecule has 4 aromatic carbocycles. The molecule has 35 nitrogen and oxygen atoms in total. The van der Waals surface area contributed by atoms with Gasteiger partial charge in [-0.25, -0.2) is 28.0 Å². The lowest BCUT2D eigenvalue weighted by molar-refractivity contribution is -0.374. The van der Waals surface area contributed by atoms with Gasteiger partial charge in [-0.05, 0) is 33.3 Å². The van der Waals surface area contributed by atoms with E-state index in [2.05, 4.69) is 61.3 Å². The van der Waals surface area contributed by atoms with E-state index < -0.39 is 133 Å². The molecule has 2 aliphatic heterocycles. The van der Waals surface area contributed by atoms with Crippen LogP contribution in [-0.2, 0) is 127 Å². The second kappa shape index (κ2) is 52.4. The Morgan fingerprint density at radius 2 is 0.920 bits per heavy atom. The van der Waals surface area contributed by atoms with Crippen molar-refractivity contribution in [1.29, 1.82) is 0 Å². The number of esters is 8. The normalized spacial score (nSPS) is 13.3. The molecule has 2 saturated heterocycles. The molecule has 7 N–H and O–H groups in total. The summed E-state index contributed by atoms with van der Waals surface area (Å²) in [5.74, 6) is -10.4. The fourth-order valence-corrected chi connectivity index (χ4v) is 7.28. The number of ketones is 1. The highest BCUT2D eigenvalue weighted by Crippen LogP contribution is 2.17. The number of azide groups is 2. The maximum absolute atomic E-state index is 13.2. The molecule has 0 saturated carbocycles. The molecule has 6 rings (SSSR count). The first-order valence-electron chi connectivity index (χ1n) is 29.8. The molecular weight excluding hydrogens is 1330 g/mol. The number of carbonyl (C=O) groups is 14. The zero-order valence-corrected chi connectivity index (χ0v) is 54.4. The quantitative estimate of drug-likeness (QED) is 0.00870. The SMILES string of the molecule is CC(=O)N[C@H](CC(=O)OCc1ccccc1)C(=O)C[C@@H](CC(=O)OCc1ccccc1)C(=O)NCCOCCN=[N+]=[N-].CC(=O)OC(C)=O.O=C(C[C@@H]1NC(=O)OC1=O)OCc1ccccc1.O=C(C[C@H]1NC(=O)OC1=O)OCc1ccccc1.O=C([O-])C(F)F.[N-]=[N+]=NCCOCC[NH3+]. The van der Waals surface area contributed by atoms with Gasteiger partial charge in [0.15, 0.2) is 5.78 Å². The zero-order chi connectivity index (χ0) is 74.5. The minimum Gasteiger partial charge on any atom is -0.544 e. The number of aliphatic carboxylic acids is 1. The summed E-state index contributed by atoms with van der Waals surface area (Å²) in [6.45, 7) is 6.59. The van der Waals surface area contributed by atoms with Gasteiger partial charge in [0, 0.05) is 56.6 Å². The number of nitrogens with zero attached hydrogens (tertiary/aromatic N) is 6. The number of quaternary nitrogens is 1.